The minimum absolute atomic E-state index is 0.0831. The van der Waals surface area contributed by atoms with Crippen molar-refractivity contribution in [1.29, 1.82) is 0 Å². The van der Waals surface area contributed by atoms with E-state index in [-0.39, 0.29) is 16.7 Å². The van der Waals surface area contributed by atoms with Crippen molar-refractivity contribution in [1.82, 2.24) is 5.32 Å². The number of nitrogens with one attached hydrogen (secondary N) is 2. The molecular weight excluding hydrogens is 330 g/mol. The lowest BCUT2D eigenvalue weighted by Gasteiger charge is -2.22. The van der Waals surface area contributed by atoms with E-state index in [0.717, 1.165) is 4.90 Å². The van der Waals surface area contributed by atoms with Gasteiger partial charge in [-0.15, -0.1) is 11.8 Å². The molecule has 3 N–H and O–H groups in total. The first-order valence-corrected chi connectivity index (χ1v) is 7.59. The lowest BCUT2D eigenvalue weighted by Crippen LogP contribution is -2.42. The smallest absolute Gasteiger partial charge is 0.326 e. The van der Waals surface area contributed by atoms with Crippen molar-refractivity contribution in [3.8, 4) is 0 Å². The fourth-order valence-electron chi connectivity index (χ4n) is 1.99. The molecule has 2 rings (SSSR count). The molecule has 2 atom stereocenters. The van der Waals surface area contributed by atoms with Crippen LogP contribution >= 0.6 is 11.8 Å². The van der Waals surface area contributed by atoms with E-state index in [1.807, 2.05) is 0 Å². The monoisotopic (exact) mass is 344 g/mol. The van der Waals surface area contributed by atoms with Gasteiger partial charge in [-0.25, -0.2) is 13.6 Å². The zero-order valence-corrected chi connectivity index (χ0v) is 12.8. The number of rotatable bonds is 5. The van der Waals surface area contributed by atoms with Crippen LogP contribution in [0.3, 0.4) is 0 Å². The van der Waals surface area contributed by atoms with E-state index < -0.39 is 30.8 Å². The van der Waals surface area contributed by atoms with Crippen LogP contribution in [0.15, 0.2) is 23.1 Å². The molecule has 1 heterocycles. The highest BCUT2D eigenvalue weighted by Crippen LogP contribution is 2.35. The van der Waals surface area contributed by atoms with E-state index in [0.29, 0.717) is 5.69 Å². The minimum atomic E-state index is -2.85. The van der Waals surface area contributed by atoms with Gasteiger partial charge in [0.25, 0.3) is 5.91 Å². The summed E-state index contributed by atoms with van der Waals surface area (Å²) in [5, 5.41) is 13.3. The number of hydrogen-bond acceptors (Lipinski definition) is 4. The second kappa shape index (κ2) is 6.95. The van der Waals surface area contributed by atoms with Crippen LogP contribution in [0, 0.1) is 0 Å². The molecule has 0 fully saturated rings. The average molecular weight is 344 g/mol. The first-order chi connectivity index (χ1) is 10.8. The zero-order valence-electron chi connectivity index (χ0n) is 12.0. The summed E-state index contributed by atoms with van der Waals surface area (Å²) in [5.74, 6) is -2.53. The van der Waals surface area contributed by atoms with Gasteiger partial charge in [0.05, 0.1) is 10.9 Å². The summed E-state index contributed by atoms with van der Waals surface area (Å²) >= 11 is 1.33. The number of fused-ring (bicyclic) bond motifs is 1. The SMILES string of the molecule is CC1Sc2ccc(C(=O)NC(CC(F)F)C(=O)O)cc2NC1=O. The van der Waals surface area contributed by atoms with Crippen molar-refractivity contribution in [2.45, 2.75) is 36.0 Å². The molecule has 0 saturated heterocycles. The fraction of sp³-hybridized carbons (Fsp3) is 0.357. The van der Waals surface area contributed by atoms with Crippen molar-refractivity contribution in [2.24, 2.45) is 0 Å². The summed E-state index contributed by atoms with van der Waals surface area (Å²) in [6.45, 7) is 1.74. The molecule has 1 aliphatic heterocycles. The molecule has 1 aromatic rings. The van der Waals surface area contributed by atoms with Gasteiger partial charge in [0.15, 0.2) is 0 Å². The Bertz CT molecular complexity index is 654. The largest absolute Gasteiger partial charge is 0.480 e. The van der Waals surface area contributed by atoms with Crippen LogP contribution in [0.4, 0.5) is 14.5 Å². The molecule has 6 nitrogen and oxygen atoms in total. The predicted octanol–water partition coefficient (Wildman–Crippen LogP) is 1.96. The number of amides is 2. The Morgan fingerprint density at radius 3 is 2.74 bits per heavy atom. The maximum atomic E-state index is 12.3. The lowest BCUT2D eigenvalue weighted by molar-refractivity contribution is -0.140. The number of anilines is 1. The summed E-state index contributed by atoms with van der Waals surface area (Å²) in [6.07, 6.45) is -3.83. The number of thioether (sulfide) groups is 1. The van der Waals surface area contributed by atoms with Crippen LogP contribution < -0.4 is 10.6 Å². The normalized spacial score (nSPS) is 18.1. The molecule has 1 aromatic carbocycles. The van der Waals surface area contributed by atoms with Crippen LogP contribution in [0.2, 0.25) is 0 Å². The van der Waals surface area contributed by atoms with Gasteiger partial charge in [0.1, 0.15) is 6.04 Å². The topological polar surface area (TPSA) is 95.5 Å². The molecule has 0 spiro atoms. The highest BCUT2D eigenvalue weighted by Gasteiger charge is 2.26. The van der Waals surface area contributed by atoms with Crippen LogP contribution in [-0.2, 0) is 9.59 Å². The number of alkyl halides is 2. The molecule has 124 valence electrons. The summed E-state index contributed by atoms with van der Waals surface area (Å²) in [7, 11) is 0. The van der Waals surface area contributed by atoms with Crippen molar-refractivity contribution in [3.63, 3.8) is 0 Å². The van der Waals surface area contributed by atoms with Gasteiger partial charge in [0.2, 0.25) is 12.3 Å². The van der Waals surface area contributed by atoms with E-state index in [9.17, 15) is 23.2 Å². The summed E-state index contributed by atoms with van der Waals surface area (Å²) in [5.41, 5.74) is 0.520. The molecule has 0 bridgehead atoms. The maximum Gasteiger partial charge on any atom is 0.326 e. The molecule has 2 amide bonds. The Labute approximate surface area is 134 Å². The van der Waals surface area contributed by atoms with E-state index in [2.05, 4.69) is 10.6 Å². The number of hydrogen-bond donors (Lipinski definition) is 3. The van der Waals surface area contributed by atoms with Crippen LogP contribution in [0.5, 0.6) is 0 Å². The first kappa shape index (κ1) is 17.2. The fourth-order valence-corrected chi connectivity index (χ4v) is 2.92. The van der Waals surface area contributed by atoms with Crippen molar-refractivity contribution in [3.05, 3.63) is 23.8 Å². The Morgan fingerprint density at radius 1 is 1.43 bits per heavy atom. The summed E-state index contributed by atoms with van der Waals surface area (Å²) < 4.78 is 24.7. The molecule has 0 radical (unpaired) electrons. The Balaban J connectivity index is 2.15. The number of carbonyl (C=O) groups excluding carboxylic acids is 2. The molecule has 9 heteroatoms. The second-order valence-electron chi connectivity index (χ2n) is 4.95. The van der Waals surface area contributed by atoms with Crippen molar-refractivity contribution >= 4 is 35.2 Å². The van der Waals surface area contributed by atoms with Gasteiger partial charge in [0, 0.05) is 16.9 Å². The third-order valence-corrected chi connectivity index (χ3v) is 4.37. The quantitative estimate of drug-likeness (QED) is 0.759. The van der Waals surface area contributed by atoms with Crippen molar-refractivity contribution in [2.75, 3.05) is 5.32 Å². The number of carboxylic acids is 1. The van der Waals surface area contributed by atoms with Gasteiger partial charge in [-0.2, -0.15) is 0 Å². The number of aliphatic carboxylic acids is 1. The van der Waals surface area contributed by atoms with Gasteiger partial charge < -0.3 is 15.7 Å². The Kier molecular flexibility index (Phi) is 5.19. The van der Waals surface area contributed by atoms with Crippen molar-refractivity contribution < 1.29 is 28.3 Å². The van der Waals surface area contributed by atoms with Gasteiger partial charge >= 0.3 is 5.97 Å². The molecule has 0 aliphatic carbocycles. The summed E-state index contributed by atoms with van der Waals surface area (Å²) in [6, 6.07) is 2.78. The van der Waals surface area contributed by atoms with E-state index in [1.54, 1.807) is 13.0 Å². The highest BCUT2D eigenvalue weighted by molar-refractivity contribution is 8.00. The molecular formula is C14H14F2N2O4S. The predicted molar refractivity (Wildman–Crippen MR) is 79.9 cm³/mol. The Morgan fingerprint density at radius 2 is 2.13 bits per heavy atom. The van der Waals surface area contributed by atoms with Gasteiger partial charge in [-0.3, -0.25) is 9.59 Å². The third-order valence-electron chi connectivity index (χ3n) is 3.19. The lowest BCUT2D eigenvalue weighted by atomic mass is 10.1. The number of carbonyl (C=O) groups is 3. The van der Waals surface area contributed by atoms with Crippen LogP contribution in [0.25, 0.3) is 0 Å². The summed E-state index contributed by atoms with van der Waals surface area (Å²) in [4.78, 5) is 35.3. The maximum absolute atomic E-state index is 12.3. The van der Waals surface area contributed by atoms with Gasteiger partial charge in [-0.1, -0.05) is 0 Å². The average Bonchev–Trinajstić information content (AvgIpc) is 2.46. The van der Waals surface area contributed by atoms with E-state index >= 15 is 0 Å². The third kappa shape index (κ3) is 4.19. The zero-order chi connectivity index (χ0) is 17.1. The number of carboxylic acid groups (broad SMARTS) is 1. The number of halogens is 2. The highest BCUT2D eigenvalue weighted by atomic mass is 32.2. The van der Waals surface area contributed by atoms with Gasteiger partial charge in [-0.05, 0) is 25.1 Å². The van der Waals surface area contributed by atoms with Crippen LogP contribution in [-0.4, -0.2) is 40.6 Å². The van der Waals surface area contributed by atoms with E-state index in [4.69, 9.17) is 5.11 Å². The van der Waals surface area contributed by atoms with E-state index in [1.165, 1.54) is 23.9 Å². The first-order valence-electron chi connectivity index (χ1n) is 6.71. The molecule has 23 heavy (non-hydrogen) atoms. The van der Waals surface area contributed by atoms with Crippen LogP contribution in [0.1, 0.15) is 23.7 Å². The Hall–Kier alpha value is -2.16. The molecule has 2 unspecified atom stereocenters. The minimum Gasteiger partial charge on any atom is -0.480 e. The standard InChI is InChI=1S/C14H14F2N2O4S/c1-6-12(19)17-8-4-7(2-3-10(8)23-6)13(20)18-9(14(21)22)5-11(15)16/h2-4,6,9,11H,5H2,1H3,(H,17,19)(H,18,20)(H,21,22). The second-order valence-corrected chi connectivity index (χ2v) is 6.33. The molecule has 0 saturated carbocycles. The molecule has 1 aliphatic rings. The molecule has 0 aromatic heterocycles. The number of benzene rings is 1.